The van der Waals surface area contributed by atoms with Gasteiger partial charge in [0.25, 0.3) is 5.56 Å². The van der Waals surface area contributed by atoms with E-state index in [1.807, 2.05) is 13.0 Å². The fraction of sp³-hybridized carbons (Fsp3) is 0.200. The van der Waals surface area contributed by atoms with E-state index in [0.717, 1.165) is 5.69 Å². The molecule has 22 heavy (non-hydrogen) atoms. The van der Waals surface area contributed by atoms with Gasteiger partial charge in [0.2, 0.25) is 0 Å². The van der Waals surface area contributed by atoms with Crippen molar-refractivity contribution in [2.75, 3.05) is 19.5 Å². The van der Waals surface area contributed by atoms with Crippen molar-refractivity contribution >= 4 is 22.4 Å². The van der Waals surface area contributed by atoms with E-state index in [-0.39, 0.29) is 5.56 Å². The molecule has 0 aliphatic heterocycles. The van der Waals surface area contributed by atoms with Gasteiger partial charge < -0.3 is 19.8 Å². The zero-order valence-corrected chi connectivity index (χ0v) is 12.5. The van der Waals surface area contributed by atoms with Crippen LogP contribution in [0.25, 0.3) is 10.8 Å². The maximum Gasteiger partial charge on any atom is 0.257 e. The number of rotatable bonds is 4. The third-order valence-corrected chi connectivity index (χ3v) is 3.33. The Morgan fingerprint density at radius 3 is 2.59 bits per heavy atom. The second-order valence-electron chi connectivity index (χ2n) is 4.84. The van der Waals surface area contributed by atoms with E-state index in [2.05, 4.69) is 20.5 Å². The van der Waals surface area contributed by atoms with Crippen molar-refractivity contribution in [3.05, 3.63) is 40.3 Å². The second kappa shape index (κ2) is 5.44. The number of anilines is 2. The van der Waals surface area contributed by atoms with E-state index < -0.39 is 0 Å². The predicted octanol–water partition coefficient (Wildman–Crippen LogP) is 2.32. The number of fused-ring (bicyclic) bond motifs is 1. The minimum atomic E-state index is -0.215. The van der Waals surface area contributed by atoms with E-state index in [9.17, 15) is 4.79 Å². The lowest BCUT2D eigenvalue weighted by atomic mass is 10.1. The van der Waals surface area contributed by atoms with Crippen LogP contribution in [0, 0.1) is 6.92 Å². The number of aromatic amines is 2. The van der Waals surface area contributed by atoms with Gasteiger partial charge in [-0.05, 0) is 25.1 Å². The zero-order chi connectivity index (χ0) is 15.7. The third-order valence-electron chi connectivity index (χ3n) is 3.33. The van der Waals surface area contributed by atoms with Gasteiger partial charge >= 0.3 is 0 Å². The number of aryl methyl sites for hydroxylation is 1. The molecule has 7 heteroatoms. The number of hydrogen-bond donors (Lipinski definition) is 3. The number of benzene rings is 1. The van der Waals surface area contributed by atoms with Gasteiger partial charge in [-0.15, -0.1) is 0 Å². The van der Waals surface area contributed by atoms with Crippen LogP contribution in [0.15, 0.2) is 29.1 Å². The average Bonchev–Trinajstić information content (AvgIpc) is 2.91. The van der Waals surface area contributed by atoms with Gasteiger partial charge in [-0.3, -0.25) is 9.89 Å². The van der Waals surface area contributed by atoms with E-state index in [1.165, 1.54) is 0 Å². The smallest absolute Gasteiger partial charge is 0.257 e. The molecule has 3 aromatic rings. The maximum absolute atomic E-state index is 12.2. The molecule has 0 amide bonds. The first-order valence-electron chi connectivity index (χ1n) is 6.69. The molecule has 0 saturated heterocycles. The monoisotopic (exact) mass is 300 g/mol. The van der Waals surface area contributed by atoms with Crippen molar-refractivity contribution in [1.29, 1.82) is 0 Å². The summed E-state index contributed by atoms with van der Waals surface area (Å²) in [6, 6.07) is 7.05. The van der Waals surface area contributed by atoms with Crippen LogP contribution >= 0.6 is 0 Å². The van der Waals surface area contributed by atoms with Crippen LogP contribution in [-0.4, -0.2) is 29.4 Å². The first-order chi connectivity index (χ1) is 10.6. The Morgan fingerprint density at radius 1 is 1.14 bits per heavy atom. The Bertz CT molecular complexity index is 882. The number of aromatic nitrogens is 3. The molecule has 0 spiro atoms. The van der Waals surface area contributed by atoms with Gasteiger partial charge in [-0.1, -0.05) is 0 Å². The van der Waals surface area contributed by atoms with E-state index >= 15 is 0 Å². The number of methoxy groups -OCH3 is 2. The summed E-state index contributed by atoms with van der Waals surface area (Å²) in [5, 5.41) is 11.2. The van der Waals surface area contributed by atoms with Crippen LogP contribution in [0.5, 0.6) is 11.5 Å². The summed E-state index contributed by atoms with van der Waals surface area (Å²) in [4.78, 5) is 15.0. The molecule has 0 atom stereocenters. The van der Waals surface area contributed by atoms with Crippen molar-refractivity contribution in [1.82, 2.24) is 15.2 Å². The lowest BCUT2D eigenvalue weighted by Crippen LogP contribution is -2.09. The highest BCUT2D eigenvalue weighted by Gasteiger charge is 2.12. The quantitative estimate of drug-likeness (QED) is 0.687. The molecule has 3 N–H and O–H groups in total. The van der Waals surface area contributed by atoms with Gasteiger partial charge in [-0.25, -0.2) is 0 Å². The average molecular weight is 300 g/mol. The standard InChI is InChI=1S/C15H16N4O3/c1-8-6-13(19-18-8)16-12-7-10-9(15(20)17-12)4-5-11(21-2)14(10)22-3/h4-7H,1-3H3,(H3,16,17,18,19,20). The predicted molar refractivity (Wildman–Crippen MR) is 84.3 cm³/mol. The van der Waals surface area contributed by atoms with Crippen LogP contribution in [0.4, 0.5) is 11.6 Å². The minimum absolute atomic E-state index is 0.215. The molecule has 0 bridgehead atoms. The molecule has 0 aliphatic rings. The molecular weight excluding hydrogens is 284 g/mol. The van der Waals surface area contributed by atoms with Crippen LogP contribution in [0.3, 0.4) is 0 Å². The highest BCUT2D eigenvalue weighted by Crippen LogP contribution is 2.34. The van der Waals surface area contributed by atoms with E-state index in [0.29, 0.717) is 33.9 Å². The lowest BCUT2D eigenvalue weighted by molar-refractivity contribution is 0.358. The van der Waals surface area contributed by atoms with Gasteiger partial charge in [-0.2, -0.15) is 5.10 Å². The van der Waals surface area contributed by atoms with Crippen molar-refractivity contribution in [2.45, 2.75) is 6.92 Å². The molecule has 0 radical (unpaired) electrons. The number of pyridine rings is 1. The lowest BCUT2D eigenvalue weighted by Gasteiger charge is -2.11. The Hall–Kier alpha value is -2.96. The first-order valence-corrected chi connectivity index (χ1v) is 6.69. The summed E-state index contributed by atoms with van der Waals surface area (Å²) in [7, 11) is 3.10. The third kappa shape index (κ3) is 2.37. The Kier molecular flexibility index (Phi) is 3.46. The topological polar surface area (TPSA) is 92.0 Å². The summed E-state index contributed by atoms with van der Waals surface area (Å²) in [5.41, 5.74) is 0.707. The van der Waals surface area contributed by atoms with Crippen LogP contribution in [0.1, 0.15) is 5.69 Å². The summed E-state index contributed by atoms with van der Waals surface area (Å²) in [5.74, 6) is 2.24. The zero-order valence-electron chi connectivity index (χ0n) is 12.5. The molecule has 0 fully saturated rings. The number of nitrogens with zero attached hydrogens (tertiary/aromatic N) is 1. The molecule has 3 rings (SSSR count). The van der Waals surface area contributed by atoms with Gasteiger partial charge in [0.1, 0.15) is 5.82 Å². The molecule has 0 aliphatic carbocycles. The minimum Gasteiger partial charge on any atom is -0.493 e. The largest absolute Gasteiger partial charge is 0.493 e. The van der Waals surface area contributed by atoms with Crippen molar-refractivity contribution < 1.29 is 9.47 Å². The van der Waals surface area contributed by atoms with Crippen LogP contribution in [-0.2, 0) is 0 Å². The van der Waals surface area contributed by atoms with Crippen molar-refractivity contribution in [3.8, 4) is 11.5 Å². The number of H-pyrrole nitrogens is 2. The highest BCUT2D eigenvalue weighted by molar-refractivity contribution is 5.92. The summed E-state index contributed by atoms with van der Waals surface area (Å²) in [6.45, 7) is 1.90. The normalized spacial score (nSPS) is 10.7. The summed E-state index contributed by atoms with van der Waals surface area (Å²) in [6.07, 6.45) is 0. The highest BCUT2D eigenvalue weighted by atomic mass is 16.5. The van der Waals surface area contributed by atoms with E-state index in [1.54, 1.807) is 32.4 Å². The fourth-order valence-corrected chi connectivity index (χ4v) is 2.35. The Morgan fingerprint density at radius 2 is 1.95 bits per heavy atom. The number of ether oxygens (including phenoxy) is 2. The molecule has 7 nitrogen and oxygen atoms in total. The van der Waals surface area contributed by atoms with Gasteiger partial charge in [0.15, 0.2) is 17.3 Å². The Balaban J connectivity index is 2.15. The van der Waals surface area contributed by atoms with Crippen LogP contribution in [0.2, 0.25) is 0 Å². The van der Waals surface area contributed by atoms with Gasteiger partial charge in [0, 0.05) is 17.1 Å². The number of nitrogens with one attached hydrogen (secondary N) is 3. The Labute approximate surface area is 126 Å². The van der Waals surface area contributed by atoms with Gasteiger partial charge in [0.05, 0.1) is 19.6 Å². The molecule has 0 unspecified atom stereocenters. The molecule has 114 valence electrons. The SMILES string of the molecule is COc1ccc2c(=O)[nH]c(Nc3cc(C)[nH]n3)cc2c1OC. The number of hydrogen-bond acceptors (Lipinski definition) is 5. The molecule has 2 aromatic heterocycles. The molecular formula is C15H16N4O3. The molecule has 1 aromatic carbocycles. The second-order valence-corrected chi connectivity index (χ2v) is 4.84. The molecule has 2 heterocycles. The van der Waals surface area contributed by atoms with Crippen molar-refractivity contribution in [2.24, 2.45) is 0 Å². The van der Waals surface area contributed by atoms with E-state index in [4.69, 9.17) is 9.47 Å². The van der Waals surface area contributed by atoms with Crippen molar-refractivity contribution in [3.63, 3.8) is 0 Å². The fourth-order valence-electron chi connectivity index (χ4n) is 2.35. The summed E-state index contributed by atoms with van der Waals surface area (Å²) < 4.78 is 10.7. The maximum atomic E-state index is 12.2. The summed E-state index contributed by atoms with van der Waals surface area (Å²) >= 11 is 0. The van der Waals surface area contributed by atoms with Crippen LogP contribution < -0.4 is 20.3 Å². The first kappa shape index (κ1) is 14.0. The molecule has 0 saturated carbocycles.